The molecule has 0 radical (unpaired) electrons. The number of imidazole rings is 1. The van der Waals surface area contributed by atoms with Crippen molar-refractivity contribution in [3.05, 3.63) is 78.1 Å². The van der Waals surface area contributed by atoms with Crippen LogP contribution in [0.5, 0.6) is 5.75 Å². The molecular formula is C36H39N9O4. The van der Waals surface area contributed by atoms with Crippen molar-refractivity contribution in [2.45, 2.75) is 70.1 Å². The molecule has 1 saturated carbocycles. The third-order valence-corrected chi connectivity index (χ3v) is 9.02. The van der Waals surface area contributed by atoms with Gasteiger partial charge in [0.1, 0.15) is 29.6 Å². The number of nitrogens with zero attached hydrogens (tertiary/aromatic N) is 6. The highest BCUT2D eigenvalue weighted by atomic mass is 16.5. The van der Waals surface area contributed by atoms with E-state index < -0.39 is 17.9 Å². The van der Waals surface area contributed by atoms with Crippen LogP contribution in [0.2, 0.25) is 0 Å². The van der Waals surface area contributed by atoms with Gasteiger partial charge in [-0.2, -0.15) is 5.26 Å². The van der Waals surface area contributed by atoms with Gasteiger partial charge in [-0.1, -0.05) is 30.3 Å². The Kier molecular flexibility index (Phi) is 10.6. The van der Waals surface area contributed by atoms with Gasteiger partial charge in [0.15, 0.2) is 0 Å². The Labute approximate surface area is 283 Å². The summed E-state index contributed by atoms with van der Waals surface area (Å²) in [6.07, 6.45) is 9.32. The van der Waals surface area contributed by atoms with Gasteiger partial charge in [0.2, 0.25) is 0 Å². The molecule has 0 unspecified atom stereocenters. The molecule has 1 fully saturated rings. The van der Waals surface area contributed by atoms with Crippen LogP contribution in [-0.2, 0) is 16.1 Å². The van der Waals surface area contributed by atoms with Crippen molar-refractivity contribution in [2.24, 2.45) is 21.9 Å². The number of ether oxygens (including phenoxy) is 1. The molecule has 1 aliphatic carbocycles. The molecule has 252 valence electrons. The zero-order valence-corrected chi connectivity index (χ0v) is 27.1. The van der Waals surface area contributed by atoms with Crippen molar-refractivity contribution in [3.63, 3.8) is 0 Å². The maximum absolute atomic E-state index is 13.4. The number of aromatic nitrogens is 4. The van der Waals surface area contributed by atoms with E-state index >= 15 is 0 Å². The lowest BCUT2D eigenvalue weighted by Gasteiger charge is -2.29. The average molecular weight is 662 g/mol. The molecule has 3 aromatic heterocycles. The number of hydrogen-bond acceptors (Lipinski definition) is 10. The molecule has 0 aliphatic heterocycles. The van der Waals surface area contributed by atoms with Crippen molar-refractivity contribution >= 4 is 45.6 Å². The van der Waals surface area contributed by atoms with Gasteiger partial charge in [-0.25, -0.2) is 14.8 Å². The number of H-pyrrole nitrogens is 1. The molecule has 13 nitrogen and oxygen atoms in total. The van der Waals surface area contributed by atoms with E-state index in [1.165, 1.54) is 12.1 Å². The normalized spacial score (nSPS) is 16.9. The molecule has 3 heterocycles. The Hall–Kier alpha value is -5.61. The van der Waals surface area contributed by atoms with Crippen LogP contribution in [0, 0.1) is 17.2 Å². The molecule has 0 spiro atoms. The minimum Gasteiger partial charge on any atom is -0.507 e. The number of rotatable bonds is 13. The van der Waals surface area contributed by atoms with Gasteiger partial charge < -0.3 is 30.4 Å². The van der Waals surface area contributed by atoms with E-state index in [0.717, 1.165) is 47.8 Å². The molecule has 1 aliphatic rings. The van der Waals surface area contributed by atoms with E-state index in [1.807, 2.05) is 42.6 Å². The molecule has 5 aromatic rings. The molecule has 5 N–H and O–H groups in total. The summed E-state index contributed by atoms with van der Waals surface area (Å²) in [4.78, 5) is 38.9. The number of phenolic OH excluding ortho intramolecular Hbond substituents is 1. The second kappa shape index (κ2) is 15.5. The molecule has 6 rings (SSSR count). The van der Waals surface area contributed by atoms with Crippen LogP contribution in [0.25, 0.3) is 22.1 Å². The van der Waals surface area contributed by atoms with Crippen LogP contribution < -0.4 is 11.1 Å². The highest BCUT2D eigenvalue weighted by Crippen LogP contribution is 2.40. The quantitative estimate of drug-likeness (QED) is 0.0611. The van der Waals surface area contributed by atoms with Crippen LogP contribution in [0.1, 0.15) is 73.3 Å². The van der Waals surface area contributed by atoms with E-state index in [0.29, 0.717) is 55.3 Å². The van der Waals surface area contributed by atoms with Crippen LogP contribution in [0.3, 0.4) is 0 Å². The number of pyridine rings is 1. The maximum atomic E-state index is 13.4. The first-order valence-corrected chi connectivity index (χ1v) is 16.6. The number of azo groups is 1. The van der Waals surface area contributed by atoms with E-state index in [2.05, 4.69) is 36.1 Å². The number of phenols is 1. The zero-order valence-electron chi connectivity index (χ0n) is 27.1. The maximum Gasteiger partial charge on any atom is 0.328 e. The van der Waals surface area contributed by atoms with Gasteiger partial charge in [0.05, 0.1) is 29.0 Å². The molecule has 49 heavy (non-hydrogen) atoms. The Morgan fingerprint density at radius 2 is 1.94 bits per heavy atom. The summed E-state index contributed by atoms with van der Waals surface area (Å²) >= 11 is 0. The standard InChI is InChI=1S/C36H39N9O4/c37-17-5-4-8-29(35(48)49-22-24-6-2-1-3-7-24)41-34(47)28-20-25(11-14-31(28)46)43-44-36-42-30-21-40-33-27(16-19-39-33)32(30)45(36)26-12-9-23(10-13-26)15-18-38/h1-3,6-7,11,14,16,19-21,23,26,29,46H,4-5,8-10,12-13,15,17,22,37H2,(H,39,40)(H,41,47)/t23?,26?,29-/m1/s1. The van der Waals surface area contributed by atoms with Gasteiger partial charge in [-0.05, 0) is 87.2 Å². The van der Waals surface area contributed by atoms with Crippen molar-refractivity contribution in [2.75, 3.05) is 6.54 Å². The first-order chi connectivity index (χ1) is 23.9. The van der Waals surface area contributed by atoms with Crippen LogP contribution in [0.4, 0.5) is 11.6 Å². The summed E-state index contributed by atoms with van der Waals surface area (Å²) in [5, 5.41) is 32.5. The predicted octanol–water partition coefficient (Wildman–Crippen LogP) is 6.65. The van der Waals surface area contributed by atoms with E-state index in [9.17, 15) is 20.0 Å². The van der Waals surface area contributed by atoms with Gasteiger partial charge in [0.25, 0.3) is 11.9 Å². The Morgan fingerprint density at radius 1 is 1.12 bits per heavy atom. The number of hydrogen-bond donors (Lipinski definition) is 4. The van der Waals surface area contributed by atoms with Crippen molar-refractivity contribution in [1.82, 2.24) is 24.8 Å². The molecule has 1 amide bonds. The van der Waals surface area contributed by atoms with Crippen LogP contribution in [0.15, 0.2) is 77.2 Å². The number of esters is 1. The smallest absolute Gasteiger partial charge is 0.328 e. The van der Waals surface area contributed by atoms with E-state index in [1.54, 1.807) is 12.3 Å². The second-order valence-corrected chi connectivity index (χ2v) is 12.4. The van der Waals surface area contributed by atoms with E-state index in [4.69, 9.17) is 15.5 Å². The number of fused-ring (bicyclic) bond motifs is 3. The summed E-state index contributed by atoms with van der Waals surface area (Å²) in [6.45, 7) is 0.526. The number of nitrogens with one attached hydrogen (secondary N) is 2. The highest BCUT2D eigenvalue weighted by molar-refractivity contribution is 6.02. The molecule has 1 atom stereocenters. The highest BCUT2D eigenvalue weighted by Gasteiger charge is 2.28. The Balaban J connectivity index is 1.24. The fourth-order valence-corrected chi connectivity index (χ4v) is 6.41. The van der Waals surface area contributed by atoms with Crippen molar-refractivity contribution in [3.8, 4) is 11.8 Å². The first-order valence-electron chi connectivity index (χ1n) is 16.6. The number of carbonyl (C=O) groups is 2. The summed E-state index contributed by atoms with van der Waals surface area (Å²) in [6, 6.07) is 17.1. The predicted molar refractivity (Wildman–Crippen MR) is 183 cm³/mol. The number of carbonyl (C=O) groups excluding carboxylic acids is 2. The number of benzene rings is 2. The largest absolute Gasteiger partial charge is 0.507 e. The monoisotopic (exact) mass is 661 g/mol. The Morgan fingerprint density at radius 3 is 2.71 bits per heavy atom. The minimum absolute atomic E-state index is 0.0568. The summed E-state index contributed by atoms with van der Waals surface area (Å²) in [7, 11) is 0. The van der Waals surface area contributed by atoms with Crippen molar-refractivity contribution in [1.29, 1.82) is 5.26 Å². The van der Waals surface area contributed by atoms with Crippen molar-refractivity contribution < 1.29 is 19.4 Å². The van der Waals surface area contributed by atoms with E-state index in [-0.39, 0.29) is 24.0 Å². The molecular weight excluding hydrogens is 622 g/mol. The molecule has 2 aromatic carbocycles. The van der Waals surface area contributed by atoms with Gasteiger partial charge >= 0.3 is 5.97 Å². The van der Waals surface area contributed by atoms with Gasteiger partial charge in [0, 0.05) is 24.0 Å². The lowest BCUT2D eigenvalue weighted by atomic mass is 9.84. The zero-order chi connectivity index (χ0) is 34.2. The number of amides is 1. The van der Waals surface area contributed by atoms with Crippen LogP contribution in [-0.4, -0.2) is 49.1 Å². The number of aromatic hydroxyl groups is 1. The lowest BCUT2D eigenvalue weighted by molar-refractivity contribution is -0.147. The molecule has 0 bridgehead atoms. The summed E-state index contributed by atoms with van der Waals surface area (Å²) < 4.78 is 7.63. The van der Waals surface area contributed by atoms with Gasteiger partial charge in [-0.15, -0.1) is 10.2 Å². The number of unbranched alkanes of at least 4 members (excludes halogenated alkanes) is 1. The lowest BCUT2D eigenvalue weighted by Crippen LogP contribution is -2.42. The summed E-state index contributed by atoms with van der Waals surface area (Å²) in [5.74, 6) is -0.712. The second-order valence-electron chi connectivity index (χ2n) is 12.4. The molecule has 13 heteroatoms. The number of aromatic amines is 1. The Bertz CT molecular complexity index is 1990. The SMILES string of the molecule is N#CCC1CCC(n2c(N=Nc3ccc(O)c(C(=O)N[C@H](CCCCN)C(=O)OCc4ccccc4)c3)nc3cnc4[nH]ccc4c32)CC1. The topological polar surface area (TPSA) is 197 Å². The first kappa shape index (κ1) is 33.3. The fraction of sp³-hybridized carbons (Fsp3) is 0.361. The summed E-state index contributed by atoms with van der Waals surface area (Å²) in [5.41, 5.74) is 9.09. The minimum atomic E-state index is -0.936. The number of nitriles is 1. The third-order valence-electron chi connectivity index (χ3n) is 9.02. The number of nitrogens with two attached hydrogens (primary N) is 1. The van der Waals surface area contributed by atoms with Crippen LogP contribution >= 0.6 is 0 Å². The fourth-order valence-electron chi connectivity index (χ4n) is 6.41. The van der Waals surface area contributed by atoms with Gasteiger partial charge in [-0.3, -0.25) is 4.79 Å². The average Bonchev–Trinajstić information content (AvgIpc) is 3.75. The third kappa shape index (κ3) is 7.76. The molecule has 0 saturated heterocycles.